The molecule has 0 saturated heterocycles. The van der Waals surface area contributed by atoms with Gasteiger partial charge in [-0.05, 0) is 75.1 Å². The fraction of sp³-hybridized carbons (Fsp3) is 0.625. The second-order valence-corrected chi connectivity index (χ2v) is 10.3. The van der Waals surface area contributed by atoms with Gasteiger partial charge in [-0.25, -0.2) is 4.39 Å². The minimum Gasteiger partial charge on any atom is -0.393 e. The molecule has 2 spiro atoms. The van der Waals surface area contributed by atoms with Crippen molar-refractivity contribution >= 4 is 11.7 Å². The fourth-order valence-corrected chi connectivity index (χ4v) is 6.25. The molecule has 6 heteroatoms. The number of halogens is 1. The summed E-state index contributed by atoms with van der Waals surface area (Å²) >= 11 is 0. The van der Waals surface area contributed by atoms with E-state index in [1.165, 1.54) is 18.7 Å². The fourth-order valence-electron chi connectivity index (χ4n) is 6.25. The van der Waals surface area contributed by atoms with E-state index in [2.05, 4.69) is 6.07 Å². The van der Waals surface area contributed by atoms with Gasteiger partial charge in [0.25, 0.3) is 5.91 Å². The number of benzene rings is 1. The summed E-state index contributed by atoms with van der Waals surface area (Å²) < 4.78 is 14.6. The van der Waals surface area contributed by atoms with Gasteiger partial charge in [0.05, 0.1) is 24.3 Å². The van der Waals surface area contributed by atoms with Gasteiger partial charge in [-0.2, -0.15) is 5.26 Å². The van der Waals surface area contributed by atoms with Crippen molar-refractivity contribution in [3.8, 4) is 6.07 Å². The highest BCUT2D eigenvalue weighted by molar-refractivity contribution is 6.09. The average molecular weight is 412 g/mol. The lowest BCUT2D eigenvalue weighted by atomic mass is 9.56. The van der Waals surface area contributed by atoms with Crippen LogP contribution in [0.4, 0.5) is 4.39 Å². The maximum atomic E-state index is 14.6. The zero-order chi connectivity index (χ0) is 22.1. The Balaban J connectivity index is 1.92. The molecule has 1 heterocycles. The zero-order valence-electron chi connectivity index (χ0n) is 18.4. The monoisotopic (exact) mass is 411 g/mol. The van der Waals surface area contributed by atoms with E-state index in [1.807, 2.05) is 19.9 Å². The molecule has 1 saturated carbocycles. The van der Waals surface area contributed by atoms with Gasteiger partial charge in [0.1, 0.15) is 11.5 Å². The van der Waals surface area contributed by atoms with Crippen molar-refractivity contribution in [2.24, 2.45) is 22.2 Å². The van der Waals surface area contributed by atoms with Crippen LogP contribution in [0.5, 0.6) is 0 Å². The van der Waals surface area contributed by atoms with Crippen molar-refractivity contribution in [2.75, 3.05) is 6.54 Å². The van der Waals surface area contributed by atoms with Crippen LogP contribution < -0.4 is 0 Å². The first kappa shape index (κ1) is 21.0. The van der Waals surface area contributed by atoms with E-state index < -0.39 is 22.7 Å². The van der Waals surface area contributed by atoms with Crippen LogP contribution in [0, 0.1) is 28.6 Å². The Morgan fingerprint density at radius 2 is 1.97 bits per heavy atom. The molecule has 1 fully saturated rings. The van der Waals surface area contributed by atoms with Crippen LogP contribution in [0.1, 0.15) is 64.2 Å². The molecule has 2 unspecified atom stereocenters. The molecule has 160 valence electrons. The predicted molar refractivity (Wildman–Crippen MR) is 113 cm³/mol. The maximum Gasteiger partial charge on any atom is 0.261 e. The van der Waals surface area contributed by atoms with E-state index in [1.54, 1.807) is 19.1 Å². The Labute approximate surface area is 177 Å². The minimum atomic E-state index is -1.55. The molecule has 1 aliphatic heterocycles. The summed E-state index contributed by atoms with van der Waals surface area (Å²) in [6, 6.07) is 7.70. The van der Waals surface area contributed by atoms with Crippen molar-refractivity contribution in [1.29, 1.82) is 5.26 Å². The number of aliphatic imine (C=N–C) groups is 1. The van der Waals surface area contributed by atoms with Crippen molar-refractivity contribution in [3.05, 3.63) is 34.9 Å². The number of carbonyl (C=O) groups excluding carboxylic acids is 1. The number of nitriles is 1. The maximum absolute atomic E-state index is 14.6. The molecule has 1 N–H and O–H groups in total. The lowest BCUT2D eigenvalue weighted by Gasteiger charge is -2.49. The van der Waals surface area contributed by atoms with E-state index in [-0.39, 0.29) is 24.3 Å². The van der Waals surface area contributed by atoms with Crippen LogP contribution in [0.3, 0.4) is 0 Å². The molecule has 1 amide bonds. The van der Waals surface area contributed by atoms with Crippen molar-refractivity contribution in [3.63, 3.8) is 0 Å². The number of alkyl halides is 1. The van der Waals surface area contributed by atoms with Crippen molar-refractivity contribution in [1.82, 2.24) is 4.90 Å². The second kappa shape index (κ2) is 6.62. The summed E-state index contributed by atoms with van der Waals surface area (Å²) in [6.45, 7) is 8.69. The number of amides is 1. The first-order valence-electron chi connectivity index (χ1n) is 10.7. The summed E-state index contributed by atoms with van der Waals surface area (Å²) in [6.07, 6.45) is 1.56. The largest absolute Gasteiger partial charge is 0.393 e. The number of aliphatic hydroxyl groups is 1. The molecular weight excluding hydrogens is 381 g/mol. The number of fused-ring (bicyclic) bond motifs is 3. The third kappa shape index (κ3) is 2.82. The SMILES string of the molecule is CC1=N[C@@]2(C(=O)N1CC(C)(C)F)c1cc(C#N)ccc1CC21C[C@@H](C)C(O)[C@@H](C)C1. The summed E-state index contributed by atoms with van der Waals surface area (Å²) in [5, 5.41) is 20.1. The van der Waals surface area contributed by atoms with E-state index in [9.17, 15) is 19.6 Å². The van der Waals surface area contributed by atoms with Crippen molar-refractivity contribution < 1.29 is 14.3 Å². The van der Waals surface area contributed by atoms with Gasteiger partial charge in [0, 0.05) is 5.41 Å². The van der Waals surface area contributed by atoms with E-state index in [0.717, 1.165) is 11.1 Å². The molecule has 4 rings (SSSR count). The van der Waals surface area contributed by atoms with E-state index >= 15 is 0 Å². The third-order valence-electron chi connectivity index (χ3n) is 7.33. The normalized spacial score (nSPS) is 35.7. The number of carbonyl (C=O) groups is 1. The molecular formula is C24H30FN3O2. The second-order valence-electron chi connectivity index (χ2n) is 10.3. The Morgan fingerprint density at radius 1 is 1.33 bits per heavy atom. The molecule has 3 aliphatic rings. The first-order chi connectivity index (χ1) is 13.9. The Morgan fingerprint density at radius 3 is 2.53 bits per heavy atom. The highest BCUT2D eigenvalue weighted by Crippen LogP contribution is 2.63. The third-order valence-corrected chi connectivity index (χ3v) is 7.33. The molecule has 1 aromatic rings. The van der Waals surface area contributed by atoms with Gasteiger partial charge < -0.3 is 5.11 Å². The molecule has 5 nitrogen and oxygen atoms in total. The van der Waals surface area contributed by atoms with Gasteiger partial charge in [-0.15, -0.1) is 0 Å². The highest BCUT2D eigenvalue weighted by Gasteiger charge is 2.68. The predicted octanol–water partition coefficient (Wildman–Crippen LogP) is 3.73. The van der Waals surface area contributed by atoms with Gasteiger partial charge in [0.2, 0.25) is 0 Å². The smallest absolute Gasteiger partial charge is 0.261 e. The standard InChI is InChI=1S/C24H30FN3O2/c1-14-9-23(10-15(2)20(14)29)11-18-7-6-17(12-26)8-19(18)24(23)21(30)28(16(3)27-24)13-22(4,5)25/h6-8,14-15,20,29H,9-11,13H2,1-5H3/t14-,15+,20?,23?,24-/m1/s1. The molecule has 5 atom stereocenters. The number of hydrogen-bond donors (Lipinski definition) is 1. The topological polar surface area (TPSA) is 76.7 Å². The number of rotatable bonds is 2. The van der Waals surface area contributed by atoms with E-state index in [4.69, 9.17) is 4.99 Å². The Kier molecular flexibility index (Phi) is 4.63. The van der Waals surface area contributed by atoms with Crippen LogP contribution >= 0.6 is 0 Å². The zero-order valence-corrected chi connectivity index (χ0v) is 18.4. The number of amidine groups is 1. The van der Waals surface area contributed by atoms with Crippen molar-refractivity contribution in [2.45, 2.75) is 71.2 Å². The van der Waals surface area contributed by atoms with Gasteiger partial charge in [0.15, 0.2) is 5.54 Å². The molecule has 0 bridgehead atoms. The molecule has 1 aromatic carbocycles. The number of aliphatic hydroxyl groups excluding tert-OH is 1. The first-order valence-corrected chi connectivity index (χ1v) is 10.7. The minimum absolute atomic E-state index is 0.0188. The average Bonchev–Trinajstić information content (AvgIpc) is 3.05. The van der Waals surface area contributed by atoms with Crippen LogP contribution in [0.25, 0.3) is 0 Å². The van der Waals surface area contributed by atoms with Crippen LogP contribution in [-0.4, -0.2) is 40.1 Å². The molecule has 0 radical (unpaired) electrons. The molecule has 0 aromatic heterocycles. The van der Waals surface area contributed by atoms with Gasteiger partial charge in [-0.1, -0.05) is 19.9 Å². The molecule has 2 aliphatic carbocycles. The lowest BCUT2D eigenvalue weighted by Crippen LogP contribution is -2.55. The number of nitrogens with zero attached hydrogens (tertiary/aromatic N) is 3. The highest BCUT2D eigenvalue weighted by atomic mass is 19.1. The quantitative estimate of drug-likeness (QED) is 0.806. The van der Waals surface area contributed by atoms with Crippen LogP contribution in [0.2, 0.25) is 0 Å². The summed E-state index contributed by atoms with van der Waals surface area (Å²) in [4.78, 5) is 20.5. The summed E-state index contributed by atoms with van der Waals surface area (Å²) in [5.74, 6) is 0.359. The Bertz CT molecular complexity index is 962. The van der Waals surface area contributed by atoms with Crippen LogP contribution in [0.15, 0.2) is 23.2 Å². The summed E-state index contributed by atoms with van der Waals surface area (Å²) in [7, 11) is 0. The number of hydrogen-bond acceptors (Lipinski definition) is 4. The van der Waals surface area contributed by atoms with Gasteiger partial charge >= 0.3 is 0 Å². The van der Waals surface area contributed by atoms with E-state index in [0.29, 0.717) is 30.7 Å². The lowest BCUT2D eigenvalue weighted by molar-refractivity contribution is -0.142. The van der Waals surface area contributed by atoms with Gasteiger partial charge in [-0.3, -0.25) is 14.7 Å². The molecule has 30 heavy (non-hydrogen) atoms. The van der Waals surface area contributed by atoms with Crippen LogP contribution in [-0.2, 0) is 16.8 Å². The summed E-state index contributed by atoms with van der Waals surface area (Å²) in [5.41, 5.74) is -0.906. The Hall–Kier alpha value is -2.26.